The van der Waals surface area contributed by atoms with Gasteiger partial charge in [-0.05, 0) is 54.6 Å². The maximum Gasteiger partial charge on any atom is 0.174 e. The van der Waals surface area contributed by atoms with Gasteiger partial charge in [0.1, 0.15) is 17.0 Å². The van der Waals surface area contributed by atoms with Gasteiger partial charge >= 0.3 is 0 Å². The average molecular weight is 390 g/mol. The van der Waals surface area contributed by atoms with Crippen molar-refractivity contribution in [2.24, 2.45) is 0 Å². The quantitative estimate of drug-likeness (QED) is 0.372. The van der Waals surface area contributed by atoms with Crippen LogP contribution in [-0.2, 0) is 0 Å². The molecule has 0 unspecified atom stereocenters. The molecular weight excluding hydrogens is 377 g/mol. The lowest BCUT2D eigenvalue weighted by molar-refractivity contribution is 0.441. The van der Waals surface area contributed by atoms with E-state index in [-0.39, 0.29) is 5.82 Å². The van der Waals surface area contributed by atoms with Crippen LogP contribution >= 0.6 is 11.6 Å². The molecule has 0 radical (unpaired) electrons. The normalized spacial score (nSPS) is 11.2. The third kappa shape index (κ3) is 2.77. The molecule has 0 aliphatic heterocycles. The van der Waals surface area contributed by atoms with Crippen LogP contribution < -0.4 is 0 Å². The van der Waals surface area contributed by atoms with Gasteiger partial charge in [-0.1, -0.05) is 35.0 Å². The van der Waals surface area contributed by atoms with Crippen molar-refractivity contribution in [2.75, 3.05) is 0 Å². The second kappa shape index (κ2) is 6.62. The smallest absolute Gasteiger partial charge is 0.174 e. The molecule has 0 saturated heterocycles. The molecular formula is C22H13ClFN3O. The Balaban J connectivity index is 1.66. The lowest BCUT2D eigenvalue weighted by Gasteiger charge is -2.09. The molecule has 4 nitrogen and oxygen atoms in total. The molecule has 5 aromatic rings. The summed E-state index contributed by atoms with van der Waals surface area (Å²) in [4.78, 5) is 0. The molecule has 6 heteroatoms. The summed E-state index contributed by atoms with van der Waals surface area (Å²) in [5, 5.41) is 9.97. The van der Waals surface area contributed by atoms with E-state index in [1.165, 1.54) is 6.07 Å². The molecule has 2 aromatic heterocycles. The summed E-state index contributed by atoms with van der Waals surface area (Å²) in [7, 11) is 0. The molecule has 28 heavy (non-hydrogen) atoms. The van der Waals surface area contributed by atoms with Gasteiger partial charge in [-0.3, -0.25) is 0 Å². The molecule has 0 bridgehead atoms. The number of fused-ring (bicyclic) bond motifs is 1. The summed E-state index contributed by atoms with van der Waals surface area (Å²) in [5.74, 6) is 0.325. The minimum Gasteiger partial charge on any atom is -0.355 e. The summed E-state index contributed by atoms with van der Waals surface area (Å²) < 4.78 is 21.4. The Bertz CT molecular complexity index is 1290. The monoisotopic (exact) mass is 389 g/mol. The highest BCUT2D eigenvalue weighted by Crippen LogP contribution is 2.33. The molecule has 136 valence electrons. The number of benzene rings is 3. The molecule has 5 rings (SSSR count). The zero-order chi connectivity index (χ0) is 19.1. The zero-order valence-corrected chi connectivity index (χ0v) is 15.3. The van der Waals surface area contributed by atoms with Gasteiger partial charge < -0.3 is 4.52 Å². The van der Waals surface area contributed by atoms with E-state index in [1.807, 2.05) is 48.5 Å². The predicted octanol–water partition coefficient (Wildman–Crippen LogP) is 6.14. The van der Waals surface area contributed by atoms with Gasteiger partial charge in [-0.2, -0.15) is 5.10 Å². The van der Waals surface area contributed by atoms with E-state index in [0.717, 1.165) is 27.7 Å². The number of hydrogen-bond donors (Lipinski definition) is 0. The van der Waals surface area contributed by atoms with Crippen molar-refractivity contribution in [2.45, 2.75) is 0 Å². The first-order chi connectivity index (χ1) is 13.7. The molecule has 3 aromatic carbocycles. The van der Waals surface area contributed by atoms with E-state index >= 15 is 0 Å². The summed E-state index contributed by atoms with van der Waals surface area (Å²) in [5.41, 5.74) is 3.67. The Kier molecular flexibility index (Phi) is 3.95. The SMILES string of the molecule is Fc1ccccc1-n1nccc1-c1ccc2noc(-c3ccc(Cl)cc3)c2c1. The average Bonchev–Trinajstić information content (AvgIpc) is 3.35. The van der Waals surface area contributed by atoms with Crippen LogP contribution in [0.4, 0.5) is 4.39 Å². The number of rotatable bonds is 3. The second-order valence-corrected chi connectivity index (χ2v) is 6.77. The number of para-hydroxylation sites is 1. The van der Waals surface area contributed by atoms with Crippen LogP contribution in [0, 0.1) is 5.82 Å². The first-order valence-electron chi connectivity index (χ1n) is 8.65. The van der Waals surface area contributed by atoms with E-state index in [4.69, 9.17) is 16.1 Å². The lowest BCUT2D eigenvalue weighted by atomic mass is 10.0. The minimum atomic E-state index is -0.333. The van der Waals surface area contributed by atoms with Crippen molar-refractivity contribution in [3.63, 3.8) is 0 Å². The molecule has 0 N–H and O–H groups in total. The topological polar surface area (TPSA) is 43.9 Å². The largest absolute Gasteiger partial charge is 0.355 e. The van der Waals surface area contributed by atoms with E-state index in [0.29, 0.717) is 16.5 Å². The third-order valence-corrected chi connectivity index (χ3v) is 4.85. The molecule has 0 spiro atoms. The van der Waals surface area contributed by atoms with Crippen LogP contribution in [0.2, 0.25) is 5.02 Å². The molecule has 2 heterocycles. The van der Waals surface area contributed by atoms with Crippen molar-refractivity contribution < 1.29 is 8.91 Å². The van der Waals surface area contributed by atoms with Crippen LogP contribution in [0.3, 0.4) is 0 Å². The molecule has 0 atom stereocenters. The molecule has 0 aliphatic rings. The Morgan fingerprint density at radius 2 is 1.68 bits per heavy atom. The number of nitrogens with zero attached hydrogens (tertiary/aromatic N) is 3. The molecule has 0 amide bonds. The highest BCUT2D eigenvalue weighted by Gasteiger charge is 2.15. The minimum absolute atomic E-state index is 0.333. The van der Waals surface area contributed by atoms with Gasteiger partial charge in [0.2, 0.25) is 0 Å². The summed E-state index contributed by atoms with van der Waals surface area (Å²) in [6.45, 7) is 0. The fourth-order valence-electron chi connectivity index (χ4n) is 3.25. The van der Waals surface area contributed by atoms with Crippen molar-refractivity contribution in [3.05, 3.63) is 89.8 Å². The summed E-state index contributed by atoms with van der Waals surface area (Å²) in [6, 6.07) is 21.6. The van der Waals surface area contributed by atoms with Crippen LogP contribution in [0.15, 0.2) is 83.5 Å². The maximum absolute atomic E-state index is 14.3. The Morgan fingerprint density at radius 1 is 0.893 bits per heavy atom. The van der Waals surface area contributed by atoms with Crippen LogP contribution in [-0.4, -0.2) is 14.9 Å². The van der Waals surface area contributed by atoms with Gasteiger partial charge in [0, 0.05) is 16.1 Å². The van der Waals surface area contributed by atoms with E-state index in [2.05, 4.69) is 10.3 Å². The van der Waals surface area contributed by atoms with Gasteiger partial charge in [0.05, 0.1) is 17.3 Å². The summed E-state index contributed by atoms with van der Waals surface area (Å²) >= 11 is 5.99. The molecule has 0 fully saturated rings. The van der Waals surface area contributed by atoms with Crippen molar-refractivity contribution in [1.82, 2.24) is 14.9 Å². The lowest BCUT2D eigenvalue weighted by Crippen LogP contribution is -2.01. The molecule has 0 aliphatic carbocycles. The highest BCUT2D eigenvalue weighted by atomic mass is 35.5. The fraction of sp³-hybridized carbons (Fsp3) is 0. The van der Waals surface area contributed by atoms with E-state index in [9.17, 15) is 4.39 Å². The van der Waals surface area contributed by atoms with Crippen molar-refractivity contribution in [1.29, 1.82) is 0 Å². The van der Waals surface area contributed by atoms with Gasteiger partial charge in [0.15, 0.2) is 5.76 Å². The number of aromatic nitrogens is 3. The predicted molar refractivity (Wildman–Crippen MR) is 107 cm³/mol. The Labute approximate surface area is 164 Å². The Hall–Kier alpha value is -3.44. The van der Waals surface area contributed by atoms with Gasteiger partial charge in [-0.15, -0.1) is 0 Å². The van der Waals surface area contributed by atoms with Crippen LogP contribution in [0.5, 0.6) is 0 Å². The van der Waals surface area contributed by atoms with Crippen molar-refractivity contribution >= 4 is 22.5 Å². The van der Waals surface area contributed by atoms with Crippen LogP contribution in [0.1, 0.15) is 0 Å². The van der Waals surface area contributed by atoms with E-state index < -0.39 is 0 Å². The standard InChI is InChI=1S/C22H13ClFN3O/c23-16-8-5-14(6-9-16)22-17-13-15(7-10-19(17)26-28-22)20-11-12-25-27(20)21-4-2-1-3-18(21)24/h1-13H. The number of hydrogen-bond acceptors (Lipinski definition) is 3. The molecule has 0 saturated carbocycles. The fourth-order valence-corrected chi connectivity index (χ4v) is 3.37. The van der Waals surface area contributed by atoms with Crippen LogP contribution in [0.25, 0.3) is 39.2 Å². The first-order valence-corrected chi connectivity index (χ1v) is 9.03. The van der Waals surface area contributed by atoms with Crippen molar-refractivity contribution in [3.8, 4) is 28.3 Å². The van der Waals surface area contributed by atoms with Gasteiger partial charge in [-0.25, -0.2) is 9.07 Å². The first kappa shape index (κ1) is 16.7. The third-order valence-electron chi connectivity index (χ3n) is 4.60. The highest BCUT2D eigenvalue weighted by molar-refractivity contribution is 6.30. The zero-order valence-electron chi connectivity index (χ0n) is 14.5. The maximum atomic E-state index is 14.3. The number of halogens is 2. The second-order valence-electron chi connectivity index (χ2n) is 6.33. The van der Waals surface area contributed by atoms with Gasteiger partial charge in [0.25, 0.3) is 0 Å². The summed E-state index contributed by atoms with van der Waals surface area (Å²) in [6.07, 6.45) is 1.65. The van der Waals surface area contributed by atoms with E-state index in [1.54, 1.807) is 29.1 Å². The Morgan fingerprint density at radius 3 is 2.50 bits per heavy atom.